The van der Waals surface area contributed by atoms with Crippen LogP contribution in [-0.4, -0.2) is 34.1 Å². The van der Waals surface area contributed by atoms with Gasteiger partial charge in [-0.2, -0.15) is 0 Å². The highest BCUT2D eigenvalue weighted by Gasteiger charge is 2.30. The van der Waals surface area contributed by atoms with Crippen LogP contribution in [0.1, 0.15) is 70.9 Å². The molecule has 5 nitrogen and oxygen atoms in total. The van der Waals surface area contributed by atoms with Crippen LogP contribution in [0, 0.1) is 0 Å². The number of rotatable bonds is 3. The summed E-state index contributed by atoms with van der Waals surface area (Å²) < 4.78 is 5.24. The summed E-state index contributed by atoms with van der Waals surface area (Å²) in [5.74, 6) is 1.34. The average molecular weight is 331 g/mol. The molecule has 1 saturated carbocycles. The van der Waals surface area contributed by atoms with E-state index in [-0.39, 0.29) is 5.91 Å². The molecule has 122 valence electrons. The van der Waals surface area contributed by atoms with E-state index in [9.17, 15) is 4.79 Å². The largest absolute Gasteiger partial charge is 0.459 e. The van der Waals surface area contributed by atoms with Crippen LogP contribution in [-0.2, 0) is 0 Å². The number of carbonyl (C=O) groups is 1. The third-order valence-electron chi connectivity index (χ3n) is 4.95. The van der Waals surface area contributed by atoms with Gasteiger partial charge in [0, 0.05) is 24.9 Å². The van der Waals surface area contributed by atoms with Crippen LogP contribution in [0.5, 0.6) is 0 Å². The van der Waals surface area contributed by atoms with Gasteiger partial charge in [-0.3, -0.25) is 4.79 Å². The fourth-order valence-electron chi connectivity index (χ4n) is 3.67. The van der Waals surface area contributed by atoms with Gasteiger partial charge in [-0.25, -0.2) is 0 Å². The molecule has 0 aromatic carbocycles. The number of nitrogens with zero attached hydrogens (tertiary/aromatic N) is 3. The lowest BCUT2D eigenvalue weighted by molar-refractivity contribution is 0.0674. The van der Waals surface area contributed by atoms with Crippen molar-refractivity contribution in [2.45, 2.75) is 50.4 Å². The molecule has 0 spiro atoms. The zero-order valence-electron chi connectivity index (χ0n) is 13.1. The molecule has 2 aromatic heterocycles. The van der Waals surface area contributed by atoms with Crippen LogP contribution in [0.25, 0.3) is 0 Å². The zero-order chi connectivity index (χ0) is 15.6. The van der Waals surface area contributed by atoms with Crippen molar-refractivity contribution < 1.29 is 9.21 Å². The van der Waals surface area contributed by atoms with Crippen molar-refractivity contribution in [3.8, 4) is 0 Å². The van der Waals surface area contributed by atoms with Crippen molar-refractivity contribution in [1.82, 2.24) is 15.1 Å². The Morgan fingerprint density at radius 1 is 1.13 bits per heavy atom. The van der Waals surface area contributed by atoms with E-state index in [0.717, 1.165) is 30.9 Å². The Morgan fingerprint density at radius 2 is 1.87 bits per heavy atom. The quantitative estimate of drug-likeness (QED) is 0.858. The summed E-state index contributed by atoms with van der Waals surface area (Å²) >= 11 is 1.76. The number of carbonyl (C=O) groups excluding carboxylic acids is 1. The molecule has 6 heteroatoms. The molecule has 3 heterocycles. The lowest BCUT2D eigenvalue weighted by atomic mass is 9.98. The van der Waals surface area contributed by atoms with Crippen LogP contribution in [0.2, 0.25) is 0 Å². The van der Waals surface area contributed by atoms with E-state index in [2.05, 4.69) is 10.2 Å². The molecule has 4 rings (SSSR count). The van der Waals surface area contributed by atoms with Crippen molar-refractivity contribution in [2.75, 3.05) is 13.1 Å². The average Bonchev–Trinajstić information content (AvgIpc) is 3.36. The molecule has 2 aliphatic rings. The number of furan rings is 1. The molecule has 0 bridgehead atoms. The van der Waals surface area contributed by atoms with Crippen LogP contribution >= 0.6 is 11.3 Å². The summed E-state index contributed by atoms with van der Waals surface area (Å²) in [6, 6.07) is 3.49. The summed E-state index contributed by atoms with van der Waals surface area (Å²) in [5.41, 5.74) is 0. The lowest BCUT2D eigenvalue weighted by Gasteiger charge is -2.31. The van der Waals surface area contributed by atoms with Crippen LogP contribution in [0.3, 0.4) is 0 Å². The molecule has 1 aliphatic carbocycles. The first-order valence-corrected chi connectivity index (χ1v) is 9.29. The summed E-state index contributed by atoms with van der Waals surface area (Å²) in [6.45, 7) is 1.52. The first kappa shape index (κ1) is 14.9. The van der Waals surface area contributed by atoms with Gasteiger partial charge in [0.2, 0.25) is 0 Å². The first-order chi connectivity index (χ1) is 11.3. The van der Waals surface area contributed by atoms with Gasteiger partial charge in [0.15, 0.2) is 5.76 Å². The number of amides is 1. The summed E-state index contributed by atoms with van der Waals surface area (Å²) in [4.78, 5) is 14.3. The molecule has 1 unspecified atom stereocenters. The van der Waals surface area contributed by atoms with Gasteiger partial charge in [-0.15, -0.1) is 21.5 Å². The molecule has 1 atom stereocenters. The number of piperidine rings is 1. The highest BCUT2D eigenvalue weighted by atomic mass is 32.1. The Bertz CT molecular complexity index is 661. The summed E-state index contributed by atoms with van der Waals surface area (Å²) in [5, 5.41) is 11.2. The molecule has 1 aliphatic heterocycles. The zero-order valence-corrected chi connectivity index (χ0v) is 13.9. The molecule has 0 N–H and O–H groups in total. The maximum Gasteiger partial charge on any atom is 0.289 e. The Balaban J connectivity index is 1.46. The van der Waals surface area contributed by atoms with Crippen molar-refractivity contribution in [3.05, 3.63) is 34.2 Å². The second kappa shape index (κ2) is 6.43. The predicted molar refractivity (Wildman–Crippen MR) is 87.7 cm³/mol. The highest BCUT2D eigenvalue weighted by molar-refractivity contribution is 7.11. The van der Waals surface area contributed by atoms with Gasteiger partial charge in [0.25, 0.3) is 5.91 Å². The molecule has 1 amide bonds. The molecular formula is C17H21N3O2S. The molecule has 23 heavy (non-hydrogen) atoms. The van der Waals surface area contributed by atoms with E-state index in [1.165, 1.54) is 30.7 Å². The van der Waals surface area contributed by atoms with Crippen molar-refractivity contribution in [2.24, 2.45) is 0 Å². The number of hydrogen-bond acceptors (Lipinski definition) is 5. The normalized spacial score (nSPS) is 22.6. The van der Waals surface area contributed by atoms with Crippen LogP contribution < -0.4 is 0 Å². The number of hydrogen-bond donors (Lipinski definition) is 0. The Labute approximate surface area is 139 Å². The number of likely N-dealkylation sites (tertiary alicyclic amines) is 1. The van der Waals surface area contributed by atoms with E-state index < -0.39 is 0 Å². The standard InChI is InChI=1S/C17H21N3O2S/c21-17(14-8-4-10-22-14)20-9-3-7-13(11-20)16-19-18-15(23-16)12-5-1-2-6-12/h4,8,10,12-13H,1-3,5-7,9,11H2. The minimum atomic E-state index is -0.0137. The minimum Gasteiger partial charge on any atom is -0.459 e. The van der Waals surface area contributed by atoms with E-state index in [4.69, 9.17) is 4.42 Å². The minimum absolute atomic E-state index is 0.0137. The van der Waals surface area contributed by atoms with E-state index in [0.29, 0.717) is 17.6 Å². The molecule has 1 saturated heterocycles. The summed E-state index contributed by atoms with van der Waals surface area (Å²) in [7, 11) is 0. The van der Waals surface area contributed by atoms with Gasteiger partial charge < -0.3 is 9.32 Å². The maximum absolute atomic E-state index is 12.5. The van der Waals surface area contributed by atoms with Crippen molar-refractivity contribution in [3.63, 3.8) is 0 Å². The Kier molecular flexibility index (Phi) is 4.16. The molecule has 2 fully saturated rings. The van der Waals surface area contributed by atoms with E-state index in [1.54, 1.807) is 29.7 Å². The third kappa shape index (κ3) is 3.04. The molecular weight excluding hydrogens is 310 g/mol. The first-order valence-electron chi connectivity index (χ1n) is 8.47. The van der Waals surface area contributed by atoms with Crippen LogP contribution in [0.15, 0.2) is 22.8 Å². The lowest BCUT2D eigenvalue weighted by Crippen LogP contribution is -2.38. The van der Waals surface area contributed by atoms with Gasteiger partial charge in [0.05, 0.1) is 6.26 Å². The second-order valence-electron chi connectivity index (χ2n) is 6.53. The van der Waals surface area contributed by atoms with Gasteiger partial charge in [-0.05, 0) is 37.8 Å². The highest BCUT2D eigenvalue weighted by Crippen LogP contribution is 2.38. The fourth-order valence-corrected chi connectivity index (χ4v) is 4.81. The monoisotopic (exact) mass is 331 g/mol. The van der Waals surface area contributed by atoms with Gasteiger partial charge in [-0.1, -0.05) is 12.8 Å². The van der Waals surface area contributed by atoms with Crippen LogP contribution in [0.4, 0.5) is 0 Å². The van der Waals surface area contributed by atoms with E-state index >= 15 is 0 Å². The third-order valence-corrected chi connectivity index (χ3v) is 6.20. The van der Waals surface area contributed by atoms with Crippen molar-refractivity contribution >= 4 is 17.2 Å². The van der Waals surface area contributed by atoms with Gasteiger partial charge in [0.1, 0.15) is 10.0 Å². The Hall–Kier alpha value is -1.69. The maximum atomic E-state index is 12.5. The van der Waals surface area contributed by atoms with Crippen molar-refractivity contribution in [1.29, 1.82) is 0 Å². The second-order valence-corrected chi connectivity index (χ2v) is 7.57. The molecule has 0 radical (unpaired) electrons. The smallest absolute Gasteiger partial charge is 0.289 e. The number of aromatic nitrogens is 2. The topological polar surface area (TPSA) is 59.2 Å². The van der Waals surface area contributed by atoms with Gasteiger partial charge >= 0.3 is 0 Å². The SMILES string of the molecule is O=C(c1ccco1)N1CCCC(c2nnc(C3CCCC3)s2)C1. The summed E-state index contributed by atoms with van der Waals surface area (Å²) in [6.07, 6.45) is 8.78. The molecule has 2 aromatic rings. The Morgan fingerprint density at radius 3 is 2.61 bits per heavy atom. The van der Waals surface area contributed by atoms with E-state index in [1.807, 2.05) is 4.90 Å². The fraction of sp³-hybridized carbons (Fsp3) is 0.588. The predicted octanol–water partition coefficient (Wildman–Crippen LogP) is 3.81.